The first-order chi connectivity index (χ1) is 7.74. The van der Waals surface area contributed by atoms with Crippen molar-refractivity contribution < 1.29 is 0 Å². The summed E-state index contributed by atoms with van der Waals surface area (Å²) in [7, 11) is 2.25. The van der Waals surface area contributed by atoms with Crippen LogP contribution in [-0.2, 0) is 6.42 Å². The maximum absolute atomic E-state index is 4.71. The van der Waals surface area contributed by atoms with E-state index in [2.05, 4.69) is 31.0 Å². The van der Waals surface area contributed by atoms with E-state index in [1.54, 1.807) is 5.56 Å². The summed E-state index contributed by atoms with van der Waals surface area (Å²) in [4.78, 5) is 7.19. The van der Waals surface area contributed by atoms with Crippen LogP contribution in [0, 0.1) is 12.8 Å². The van der Waals surface area contributed by atoms with Crippen LogP contribution < -0.4 is 0 Å². The van der Waals surface area contributed by atoms with Crippen LogP contribution in [0.5, 0.6) is 0 Å². The van der Waals surface area contributed by atoms with Crippen molar-refractivity contribution in [2.45, 2.75) is 32.1 Å². The van der Waals surface area contributed by atoms with Crippen LogP contribution in [0.2, 0.25) is 0 Å². The predicted octanol–water partition coefficient (Wildman–Crippen LogP) is 2.37. The quantitative estimate of drug-likeness (QED) is 0.662. The van der Waals surface area contributed by atoms with Crippen molar-refractivity contribution in [3.05, 3.63) is 29.1 Å². The van der Waals surface area contributed by atoms with Gasteiger partial charge in [-0.2, -0.15) is 0 Å². The van der Waals surface area contributed by atoms with Gasteiger partial charge in [0.25, 0.3) is 0 Å². The molecule has 16 heavy (non-hydrogen) atoms. The van der Waals surface area contributed by atoms with Gasteiger partial charge in [0.15, 0.2) is 0 Å². The van der Waals surface area contributed by atoms with Crippen LogP contribution in [0.25, 0.3) is 0 Å². The minimum absolute atomic E-state index is 0.785. The molecule has 0 amide bonds. The minimum atomic E-state index is 0.785. The molecule has 1 aliphatic carbocycles. The average molecular weight is 216 g/mol. The molecular weight excluding hydrogens is 196 g/mol. The summed E-state index contributed by atoms with van der Waals surface area (Å²) < 4.78 is 0. The third-order valence-electron chi connectivity index (χ3n) is 4.24. The fraction of sp³-hybridized carbons (Fsp3) is 0.643. The van der Waals surface area contributed by atoms with Gasteiger partial charge in [0, 0.05) is 17.9 Å². The van der Waals surface area contributed by atoms with Gasteiger partial charge < -0.3 is 4.90 Å². The molecule has 2 unspecified atom stereocenters. The Kier molecular flexibility index (Phi) is 2.47. The van der Waals surface area contributed by atoms with Crippen LogP contribution in [0.15, 0.2) is 12.1 Å². The number of piperidine rings is 1. The predicted molar refractivity (Wildman–Crippen MR) is 65.6 cm³/mol. The number of nitrogens with zero attached hydrogens (tertiary/aromatic N) is 2. The molecule has 1 aromatic rings. The number of aryl methyl sites for hydroxylation is 2. The van der Waals surface area contributed by atoms with Crippen LogP contribution >= 0.6 is 0 Å². The molecule has 2 aliphatic rings. The fourth-order valence-electron chi connectivity index (χ4n) is 3.40. The highest BCUT2D eigenvalue weighted by Gasteiger charge is 2.33. The summed E-state index contributed by atoms with van der Waals surface area (Å²) in [6.45, 7) is 4.62. The van der Waals surface area contributed by atoms with Gasteiger partial charge in [0.1, 0.15) is 0 Å². The molecule has 0 bridgehead atoms. The van der Waals surface area contributed by atoms with E-state index in [4.69, 9.17) is 4.98 Å². The van der Waals surface area contributed by atoms with E-state index in [-0.39, 0.29) is 0 Å². The van der Waals surface area contributed by atoms with Gasteiger partial charge in [0.05, 0.1) is 0 Å². The molecule has 1 fully saturated rings. The molecule has 3 rings (SSSR count). The van der Waals surface area contributed by atoms with Crippen molar-refractivity contribution in [2.75, 3.05) is 20.1 Å². The van der Waals surface area contributed by atoms with E-state index in [1.165, 1.54) is 43.7 Å². The molecule has 0 N–H and O–H groups in total. The lowest BCUT2D eigenvalue weighted by atomic mass is 9.73. The third kappa shape index (κ3) is 1.65. The lowest BCUT2D eigenvalue weighted by Gasteiger charge is -2.40. The highest BCUT2D eigenvalue weighted by atomic mass is 15.1. The fourth-order valence-corrected chi connectivity index (χ4v) is 3.40. The summed E-state index contributed by atoms with van der Waals surface area (Å²) in [6, 6.07) is 4.51. The molecule has 2 atom stereocenters. The molecule has 2 nitrogen and oxygen atoms in total. The first-order valence-corrected chi connectivity index (χ1v) is 6.39. The van der Waals surface area contributed by atoms with Crippen LogP contribution in [0.4, 0.5) is 0 Å². The molecule has 86 valence electrons. The maximum atomic E-state index is 4.71. The third-order valence-corrected chi connectivity index (χ3v) is 4.24. The van der Waals surface area contributed by atoms with Crippen LogP contribution in [0.1, 0.15) is 35.7 Å². The molecule has 0 radical (unpaired) electrons. The van der Waals surface area contributed by atoms with Crippen molar-refractivity contribution >= 4 is 0 Å². The minimum Gasteiger partial charge on any atom is -0.306 e. The zero-order valence-electron chi connectivity index (χ0n) is 10.2. The van der Waals surface area contributed by atoms with Crippen molar-refractivity contribution in [1.82, 2.24) is 9.88 Å². The second-order valence-corrected chi connectivity index (χ2v) is 5.44. The van der Waals surface area contributed by atoms with Crippen LogP contribution in [0.3, 0.4) is 0 Å². The number of rotatable bonds is 0. The summed E-state index contributed by atoms with van der Waals surface area (Å²) in [5.74, 6) is 1.66. The molecular formula is C14H20N2. The second-order valence-electron chi connectivity index (χ2n) is 5.44. The van der Waals surface area contributed by atoms with Crippen molar-refractivity contribution in [1.29, 1.82) is 0 Å². The van der Waals surface area contributed by atoms with E-state index in [1.807, 2.05) is 0 Å². The molecule has 0 spiro atoms. The Bertz CT molecular complexity index is 400. The number of likely N-dealkylation sites (tertiary alicyclic amines) is 1. The van der Waals surface area contributed by atoms with E-state index in [0.29, 0.717) is 0 Å². The molecule has 2 heterocycles. The topological polar surface area (TPSA) is 16.1 Å². The Labute approximate surface area is 97.7 Å². The Morgan fingerprint density at radius 3 is 3.06 bits per heavy atom. The van der Waals surface area contributed by atoms with E-state index < -0.39 is 0 Å². The SMILES string of the molecule is Cc1ccc2c(n1)CCC1CN(C)CCC21. The highest BCUT2D eigenvalue weighted by molar-refractivity contribution is 5.30. The zero-order valence-corrected chi connectivity index (χ0v) is 10.2. The summed E-state index contributed by atoms with van der Waals surface area (Å²) in [5, 5.41) is 0. The number of pyridine rings is 1. The largest absolute Gasteiger partial charge is 0.306 e. The Morgan fingerprint density at radius 1 is 1.31 bits per heavy atom. The Balaban J connectivity index is 1.94. The first kappa shape index (κ1) is 10.3. The van der Waals surface area contributed by atoms with E-state index >= 15 is 0 Å². The van der Waals surface area contributed by atoms with Gasteiger partial charge in [-0.1, -0.05) is 6.07 Å². The zero-order chi connectivity index (χ0) is 11.1. The summed E-state index contributed by atoms with van der Waals surface area (Å²) >= 11 is 0. The Morgan fingerprint density at radius 2 is 2.19 bits per heavy atom. The van der Waals surface area contributed by atoms with E-state index in [0.717, 1.165) is 11.8 Å². The second kappa shape index (κ2) is 3.85. The van der Waals surface area contributed by atoms with Gasteiger partial charge in [-0.05, 0) is 63.2 Å². The Hall–Kier alpha value is -0.890. The monoisotopic (exact) mass is 216 g/mol. The number of aromatic nitrogens is 1. The number of fused-ring (bicyclic) bond motifs is 3. The van der Waals surface area contributed by atoms with Gasteiger partial charge in [-0.15, -0.1) is 0 Å². The summed E-state index contributed by atoms with van der Waals surface area (Å²) in [5.41, 5.74) is 4.10. The molecule has 2 heteroatoms. The molecule has 1 aromatic heterocycles. The number of hydrogen-bond acceptors (Lipinski definition) is 2. The van der Waals surface area contributed by atoms with Gasteiger partial charge in [-0.3, -0.25) is 4.98 Å². The van der Waals surface area contributed by atoms with Crippen LogP contribution in [-0.4, -0.2) is 30.0 Å². The number of hydrogen-bond donors (Lipinski definition) is 0. The smallest absolute Gasteiger partial charge is 0.0441 e. The van der Waals surface area contributed by atoms with Crippen molar-refractivity contribution in [2.24, 2.45) is 5.92 Å². The van der Waals surface area contributed by atoms with Gasteiger partial charge in [-0.25, -0.2) is 0 Å². The van der Waals surface area contributed by atoms with Crippen molar-refractivity contribution in [3.63, 3.8) is 0 Å². The van der Waals surface area contributed by atoms with Gasteiger partial charge >= 0.3 is 0 Å². The lowest BCUT2D eigenvalue weighted by molar-refractivity contribution is 0.168. The molecule has 0 saturated carbocycles. The standard InChI is InChI=1S/C14H20N2/c1-10-3-5-13-12-7-8-16(2)9-11(12)4-6-14(13)15-10/h3,5,11-12H,4,6-9H2,1-2H3. The first-order valence-electron chi connectivity index (χ1n) is 6.39. The average Bonchev–Trinajstić information content (AvgIpc) is 2.28. The van der Waals surface area contributed by atoms with Crippen molar-refractivity contribution in [3.8, 4) is 0 Å². The molecule has 1 saturated heterocycles. The maximum Gasteiger partial charge on any atom is 0.0441 e. The molecule has 1 aliphatic heterocycles. The normalized spacial score (nSPS) is 29.6. The highest BCUT2D eigenvalue weighted by Crippen LogP contribution is 2.40. The van der Waals surface area contributed by atoms with Gasteiger partial charge in [0.2, 0.25) is 0 Å². The molecule has 0 aromatic carbocycles. The lowest BCUT2D eigenvalue weighted by Crippen LogP contribution is -2.39. The summed E-state index contributed by atoms with van der Waals surface area (Å²) in [6.07, 6.45) is 3.84. The van der Waals surface area contributed by atoms with E-state index in [9.17, 15) is 0 Å².